The van der Waals surface area contributed by atoms with Crippen LogP contribution in [-0.2, 0) is 4.79 Å². The zero-order valence-electron chi connectivity index (χ0n) is 9.03. The highest BCUT2D eigenvalue weighted by Gasteiger charge is 2.29. The lowest BCUT2D eigenvalue weighted by Crippen LogP contribution is -2.32. The third-order valence-corrected chi connectivity index (χ3v) is 2.86. The number of carbonyl (C=O) groups excluding carboxylic acids is 1. The molecule has 0 spiro atoms. The van der Waals surface area contributed by atoms with E-state index in [0.717, 1.165) is 13.0 Å². The largest absolute Gasteiger partial charge is 0.324 e. The van der Waals surface area contributed by atoms with Gasteiger partial charge in [0.25, 0.3) is 0 Å². The number of nitrogens with one attached hydrogen (secondary N) is 2. The monoisotopic (exact) mass is 223 g/mol. The molecule has 1 aliphatic heterocycles. The quantitative estimate of drug-likeness (QED) is 0.740. The molecule has 1 aromatic rings. The van der Waals surface area contributed by atoms with Crippen LogP contribution in [-0.4, -0.2) is 23.5 Å². The van der Waals surface area contributed by atoms with E-state index in [-0.39, 0.29) is 17.9 Å². The summed E-state index contributed by atoms with van der Waals surface area (Å²) in [5.74, 6) is -0.607. The van der Waals surface area contributed by atoms with Gasteiger partial charge in [0.05, 0.1) is 17.8 Å². The summed E-state index contributed by atoms with van der Waals surface area (Å²) in [7, 11) is 0. The minimum absolute atomic E-state index is 0.0231. The lowest BCUT2D eigenvalue weighted by atomic mass is 10.0. The van der Waals surface area contributed by atoms with Gasteiger partial charge in [-0.3, -0.25) is 4.79 Å². The Bertz CT molecular complexity index is 379. The summed E-state index contributed by atoms with van der Waals surface area (Å²) in [5.41, 5.74) is 0.533. The highest BCUT2D eigenvalue weighted by Crippen LogP contribution is 2.17. The number of hydrogen-bond donors (Lipinski definition) is 2. The first-order valence-electron chi connectivity index (χ1n) is 5.32. The van der Waals surface area contributed by atoms with Crippen molar-refractivity contribution < 1.29 is 9.18 Å². The van der Waals surface area contributed by atoms with Crippen LogP contribution >= 0.6 is 0 Å². The second kappa shape index (κ2) is 4.57. The molecule has 1 aromatic heterocycles. The molecule has 1 saturated heterocycles. The van der Waals surface area contributed by atoms with Gasteiger partial charge in [-0.05, 0) is 32.0 Å². The molecular weight excluding hydrogens is 209 g/mol. The molecule has 2 atom stereocenters. The summed E-state index contributed by atoms with van der Waals surface area (Å²) >= 11 is 0. The first-order chi connectivity index (χ1) is 7.66. The number of amides is 1. The van der Waals surface area contributed by atoms with Gasteiger partial charge in [-0.25, -0.2) is 4.98 Å². The molecule has 0 saturated carbocycles. The van der Waals surface area contributed by atoms with Crippen LogP contribution in [0.15, 0.2) is 18.3 Å². The molecule has 86 valence electrons. The summed E-state index contributed by atoms with van der Waals surface area (Å²) in [5, 5.41) is 5.94. The van der Waals surface area contributed by atoms with Crippen molar-refractivity contribution in [1.82, 2.24) is 10.3 Å². The Labute approximate surface area is 93.3 Å². The second-order valence-electron chi connectivity index (χ2n) is 4.00. The lowest BCUT2D eigenvalue weighted by molar-refractivity contribution is -0.120. The molecule has 2 heterocycles. The molecule has 1 amide bonds. The Kier molecular flexibility index (Phi) is 3.14. The van der Waals surface area contributed by atoms with Crippen molar-refractivity contribution in [2.45, 2.75) is 19.4 Å². The van der Waals surface area contributed by atoms with E-state index in [1.807, 2.05) is 6.92 Å². The van der Waals surface area contributed by atoms with Crippen molar-refractivity contribution in [1.29, 1.82) is 0 Å². The Hall–Kier alpha value is -1.49. The first-order valence-corrected chi connectivity index (χ1v) is 5.32. The molecule has 0 aromatic carbocycles. The van der Waals surface area contributed by atoms with Gasteiger partial charge in [0.2, 0.25) is 11.9 Å². The molecule has 2 unspecified atom stereocenters. The van der Waals surface area contributed by atoms with Gasteiger partial charge >= 0.3 is 0 Å². The SMILES string of the molecule is CC1NCCC1C(=O)Nc1ccc(F)nc1. The minimum atomic E-state index is -0.547. The zero-order valence-corrected chi connectivity index (χ0v) is 9.03. The van der Waals surface area contributed by atoms with E-state index in [9.17, 15) is 9.18 Å². The Morgan fingerprint density at radius 2 is 2.44 bits per heavy atom. The van der Waals surface area contributed by atoms with Crippen molar-refractivity contribution in [3.05, 3.63) is 24.3 Å². The molecule has 0 radical (unpaired) electrons. The number of nitrogens with zero attached hydrogens (tertiary/aromatic N) is 1. The topological polar surface area (TPSA) is 54.0 Å². The van der Waals surface area contributed by atoms with Crippen LogP contribution in [0, 0.1) is 11.9 Å². The van der Waals surface area contributed by atoms with Crippen LogP contribution in [0.25, 0.3) is 0 Å². The van der Waals surface area contributed by atoms with Crippen LogP contribution < -0.4 is 10.6 Å². The fourth-order valence-corrected chi connectivity index (χ4v) is 1.90. The number of carbonyl (C=O) groups is 1. The second-order valence-corrected chi connectivity index (χ2v) is 4.00. The van der Waals surface area contributed by atoms with Crippen molar-refractivity contribution in [3.8, 4) is 0 Å². The Morgan fingerprint density at radius 1 is 1.62 bits per heavy atom. The summed E-state index contributed by atoms with van der Waals surface area (Å²) in [6, 6.07) is 2.92. The van der Waals surface area contributed by atoms with E-state index in [1.165, 1.54) is 18.3 Å². The number of aromatic nitrogens is 1. The van der Waals surface area contributed by atoms with Crippen molar-refractivity contribution in [3.63, 3.8) is 0 Å². The van der Waals surface area contributed by atoms with E-state index < -0.39 is 5.95 Å². The normalized spacial score (nSPS) is 24.4. The number of halogens is 1. The summed E-state index contributed by atoms with van der Waals surface area (Å²) in [6.07, 6.45) is 2.15. The molecule has 0 aliphatic carbocycles. The Balaban J connectivity index is 1.99. The van der Waals surface area contributed by atoms with Gasteiger partial charge in [-0.2, -0.15) is 4.39 Å². The van der Waals surface area contributed by atoms with E-state index in [0.29, 0.717) is 5.69 Å². The molecular formula is C11H14FN3O. The maximum absolute atomic E-state index is 12.6. The van der Waals surface area contributed by atoms with Gasteiger partial charge in [-0.1, -0.05) is 0 Å². The van der Waals surface area contributed by atoms with Crippen LogP contribution in [0.2, 0.25) is 0 Å². The Morgan fingerprint density at radius 3 is 3.00 bits per heavy atom. The van der Waals surface area contributed by atoms with Crippen LogP contribution in [0.1, 0.15) is 13.3 Å². The molecule has 16 heavy (non-hydrogen) atoms. The molecule has 2 rings (SSSR count). The van der Waals surface area contributed by atoms with Crippen molar-refractivity contribution >= 4 is 11.6 Å². The average molecular weight is 223 g/mol. The molecule has 1 fully saturated rings. The van der Waals surface area contributed by atoms with Crippen molar-refractivity contribution in [2.75, 3.05) is 11.9 Å². The van der Waals surface area contributed by atoms with E-state index in [1.54, 1.807) is 0 Å². The van der Waals surface area contributed by atoms with Gasteiger partial charge in [0.15, 0.2) is 0 Å². The molecule has 1 aliphatic rings. The molecule has 4 nitrogen and oxygen atoms in total. The van der Waals surface area contributed by atoms with Crippen LogP contribution in [0.5, 0.6) is 0 Å². The zero-order chi connectivity index (χ0) is 11.5. The molecule has 0 bridgehead atoms. The van der Waals surface area contributed by atoms with Crippen LogP contribution in [0.3, 0.4) is 0 Å². The van der Waals surface area contributed by atoms with E-state index in [4.69, 9.17) is 0 Å². The standard InChI is InChI=1S/C11H14FN3O/c1-7-9(4-5-13-7)11(16)15-8-2-3-10(12)14-6-8/h2-3,6-7,9,13H,4-5H2,1H3,(H,15,16). The minimum Gasteiger partial charge on any atom is -0.324 e. The molecule has 2 N–H and O–H groups in total. The molecule has 5 heteroatoms. The number of pyridine rings is 1. The van der Waals surface area contributed by atoms with E-state index in [2.05, 4.69) is 15.6 Å². The average Bonchev–Trinajstić information content (AvgIpc) is 2.68. The van der Waals surface area contributed by atoms with Gasteiger partial charge in [0.1, 0.15) is 0 Å². The van der Waals surface area contributed by atoms with Crippen molar-refractivity contribution in [2.24, 2.45) is 5.92 Å². The lowest BCUT2D eigenvalue weighted by Gasteiger charge is -2.14. The number of rotatable bonds is 2. The summed E-state index contributed by atoms with van der Waals surface area (Å²) in [6.45, 7) is 2.85. The van der Waals surface area contributed by atoms with Crippen LogP contribution in [0.4, 0.5) is 10.1 Å². The smallest absolute Gasteiger partial charge is 0.229 e. The fourth-order valence-electron chi connectivity index (χ4n) is 1.90. The number of hydrogen-bond acceptors (Lipinski definition) is 3. The first kappa shape index (κ1) is 11.0. The fraction of sp³-hybridized carbons (Fsp3) is 0.455. The van der Waals surface area contributed by atoms with Gasteiger partial charge in [-0.15, -0.1) is 0 Å². The number of anilines is 1. The predicted molar refractivity (Wildman–Crippen MR) is 58.4 cm³/mol. The predicted octanol–water partition coefficient (Wildman–Crippen LogP) is 1.16. The maximum Gasteiger partial charge on any atom is 0.229 e. The summed E-state index contributed by atoms with van der Waals surface area (Å²) in [4.78, 5) is 15.3. The maximum atomic E-state index is 12.6. The third-order valence-electron chi connectivity index (χ3n) is 2.86. The van der Waals surface area contributed by atoms with Gasteiger partial charge in [0, 0.05) is 6.04 Å². The highest BCUT2D eigenvalue weighted by atomic mass is 19.1. The van der Waals surface area contributed by atoms with E-state index >= 15 is 0 Å². The third kappa shape index (κ3) is 2.36. The van der Waals surface area contributed by atoms with Gasteiger partial charge < -0.3 is 10.6 Å². The summed E-state index contributed by atoms with van der Waals surface area (Å²) < 4.78 is 12.6. The highest BCUT2D eigenvalue weighted by molar-refractivity contribution is 5.93.